The normalized spacial score (nSPS) is 25.7. The maximum absolute atomic E-state index is 14.5. The number of halogens is 3. The molecular formula is C28H36F3N5O5. The van der Waals surface area contributed by atoms with Crippen LogP contribution in [0.4, 0.5) is 13.2 Å². The average molecular weight is 580 g/mol. The minimum Gasteiger partial charge on any atom is -0.481 e. The molecule has 2 saturated carbocycles. The lowest BCUT2D eigenvalue weighted by Gasteiger charge is -2.42. The van der Waals surface area contributed by atoms with Crippen LogP contribution in [0.1, 0.15) is 68.3 Å². The molecule has 0 radical (unpaired) electrons. The molecule has 3 aliphatic rings. The molecule has 2 aliphatic carbocycles. The minimum atomic E-state index is -3.26. The first kappa shape index (κ1) is 29.3. The van der Waals surface area contributed by atoms with E-state index in [-0.39, 0.29) is 78.9 Å². The number of methoxy groups -OCH3 is 2. The first-order chi connectivity index (χ1) is 19.5. The summed E-state index contributed by atoms with van der Waals surface area (Å²) in [5.74, 6) is -4.34. The number of hydrogen-bond acceptors (Lipinski definition) is 7. The number of aromatic nitrogens is 3. The van der Waals surface area contributed by atoms with Crippen LogP contribution in [0.15, 0.2) is 18.3 Å². The maximum atomic E-state index is 14.5. The van der Waals surface area contributed by atoms with Crippen LogP contribution in [0.5, 0.6) is 5.88 Å². The summed E-state index contributed by atoms with van der Waals surface area (Å²) in [5, 5.41) is 20.4. The summed E-state index contributed by atoms with van der Waals surface area (Å²) in [4.78, 5) is 32.2. The Bertz CT molecular complexity index is 1280. The first-order valence-electron chi connectivity index (χ1n) is 14.0. The van der Waals surface area contributed by atoms with Crippen LogP contribution in [-0.2, 0) is 9.53 Å². The Morgan fingerprint density at radius 2 is 1.93 bits per heavy atom. The lowest BCUT2D eigenvalue weighted by atomic mass is 9.77. The van der Waals surface area contributed by atoms with Crippen LogP contribution in [0.2, 0.25) is 0 Å². The molecular weight excluding hydrogens is 543 g/mol. The van der Waals surface area contributed by atoms with Crippen molar-refractivity contribution in [1.82, 2.24) is 25.4 Å². The van der Waals surface area contributed by atoms with Gasteiger partial charge in [-0.1, -0.05) is 0 Å². The minimum absolute atomic E-state index is 0.103. The highest BCUT2D eigenvalue weighted by Crippen LogP contribution is 2.51. The molecule has 0 unspecified atom stereocenters. The third-order valence-corrected chi connectivity index (χ3v) is 8.93. The van der Waals surface area contributed by atoms with Crippen LogP contribution in [0, 0.1) is 11.7 Å². The summed E-state index contributed by atoms with van der Waals surface area (Å²) in [6.45, 7) is 0.233. The Balaban J connectivity index is 1.17. The Labute approximate surface area is 236 Å². The van der Waals surface area contributed by atoms with Crippen LogP contribution >= 0.6 is 0 Å². The van der Waals surface area contributed by atoms with Crippen molar-refractivity contribution >= 4 is 11.8 Å². The Kier molecular flexibility index (Phi) is 8.03. The predicted octanol–water partition coefficient (Wildman–Crippen LogP) is 3.47. The zero-order chi connectivity index (χ0) is 29.4. The molecule has 1 aliphatic heterocycles. The molecule has 2 amide bonds. The zero-order valence-electron chi connectivity index (χ0n) is 23.2. The standard InChI is InChI=1S/C28H36F3N5O5/c1-40-12-10-28(30,31)27(39)6-3-18(4-7-27)33-24(37)17-5-11-36(26(15-17)8-9-26)25(38)22-14-21(34-35-22)19-13-23(41-2)32-16-20(19)29/h13-14,16-18,39H,3-12,15H2,1-2H3,(H,33,37)(H,34,35)/t17-,18?,27?/m0/s1. The van der Waals surface area contributed by atoms with Gasteiger partial charge in [0, 0.05) is 49.2 Å². The number of carbonyl (C=O) groups is 2. The van der Waals surface area contributed by atoms with E-state index in [1.165, 1.54) is 26.4 Å². The maximum Gasteiger partial charge on any atom is 0.278 e. The largest absolute Gasteiger partial charge is 0.481 e. The quantitative estimate of drug-likeness (QED) is 0.415. The molecule has 41 heavy (non-hydrogen) atoms. The van der Waals surface area contributed by atoms with Gasteiger partial charge in [-0.2, -0.15) is 5.10 Å². The van der Waals surface area contributed by atoms with E-state index in [1.54, 1.807) is 4.90 Å². The molecule has 13 heteroatoms. The van der Waals surface area contributed by atoms with E-state index >= 15 is 0 Å². The fourth-order valence-corrected chi connectivity index (χ4v) is 6.18. The van der Waals surface area contributed by atoms with E-state index in [2.05, 4.69) is 20.5 Å². The van der Waals surface area contributed by atoms with Gasteiger partial charge in [0.25, 0.3) is 11.8 Å². The molecule has 3 heterocycles. The van der Waals surface area contributed by atoms with Crippen LogP contribution in [0.3, 0.4) is 0 Å². The molecule has 10 nitrogen and oxygen atoms in total. The Morgan fingerprint density at radius 1 is 1.20 bits per heavy atom. The molecule has 3 N–H and O–H groups in total. The number of carbonyl (C=O) groups excluding carboxylic acids is 2. The number of nitrogens with zero attached hydrogens (tertiary/aromatic N) is 3. The van der Waals surface area contributed by atoms with Crippen molar-refractivity contribution in [3.05, 3.63) is 29.8 Å². The van der Waals surface area contributed by atoms with E-state index in [0.29, 0.717) is 19.4 Å². The molecule has 3 fully saturated rings. The van der Waals surface area contributed by atoms with Gasteiger partial charge in [-0.3, -0.25) is 14.7 Å². The predicted molar refractivity (Wildman–Crippen MR) is 141 cm³/mol. The van der Waals surface area contributed by atoms with Gasteiger partial charge in [0.15, 0.2) is 5.82 Å². The SMILES string of the molecule is COCCC(F)(F)C1(O)CCC(NC(=O)[C@H]2CCN(C(=O)c3cc(-c4cc(OC)ncc4F)n[nH]3)C3(CC3)C2)CC1. The number of rotatable bonds is 9. The van der Waals surface area contributed by atoms with E-state index < -0.39 is 29.3 Å². The number of ether oxygens (including phenoxy) is 2. The Morgan fingerprint density at radius 3 is 2.59 bits per heavy atom. The lowest BCUT2D eigenvalue weighted by molar-refractivity contribution is -0.204. The molecule has 5 rings (SSSR count). The number of H-pyrrole nitrogens is 1. The smallest absolute Gasteiger partial charge is 0.278 e. The van der Waals surface area contributed by atoms with Gasteiger partial charge < -0.3 is 24.8 Å². The van der Waals surface area contributed by atoms with Crippen LogP contribution in [0.25, 0.3) is 11.3 Å². The van der Waals surface area contributed by atoms with Gasteiger partial charge in [-0.05, 0) is 57.4 Å². The summed E-state index contributed by atoms with van der Waals surface area (Å²) >= 11 is 0. The van der Waals surface area contributed by atoms with Gasteiger partial charge in [-0.25, -0.2) is 18.2 Å². The molecule has 0 bridgehead atoms. The van der Waals surface area contributed by atoms with E-state index in [9.17, 15) is 27.9 Å². The van der Waals surface area contributed by atoms with Crippen molar-refractivity contribution in [2.24, 2.45) is 5.92 Å². The number of piperidine rings is 1. The second-order valence-corrected chi connectivity index (χ2v) is 11.5. The fraction of sp³-hybridized carbons (Fsp3) is 0.643. The molecule has 224 valence electrons. The number of nitrogens with one attached hydrogen (secondary N) is 2. The van der Waals surface area contributed by atoms with Crippen LogP contribution < -0.4 is 10.1 Å². The molecule has 1 spiro atoms. The second kappa shape index (κ2) is 11.2. The fourth-order valence-electron chi connectivity index (χ4n) is 6.18. The van der Waals surface area contributed by atoms with Crippen molar-refractivity contribution in [3.8, 4) is 17.1 Å². The number of likely N-dealkylation sites (tertiary alicyclic amines) is 1. The van der Waals surface area contributed by atoms with Crippen molar-refractivity contribution in [3.63, 3.8) is 0 Å². The third-order valence-electron chi connectivity index (χ3n) is 8.93. The topological polar surface area (TPSA) is 130 Å². The van der Waals surface area contributed by atoms with Gasteiger partial charge in [-0.15, -0.1) is 0 Å². The molecule has 0 aromatic carbocycles. The van der Waals surface area contributed by atoms with Gasteiger partial charge in [0.05, 0.1) is 25.6 Å². The number of amides is 2. The summed E-state index contributed by atoms with van der Waals surface area (Å²) < 4.78 is 53.2. The van der Waals surface area contributed by atoms with Gasteiger partial charge in [0.1, 0.15) is 11.3 Å². The second-order valence-electron chi connectivity index (χ2n) is 11.5. The van der Waals surface area contributed by atoms with E-state index in [4.69, 9.17) is 9.47 Å². The summed E-state index contributed by atoms with van der Waals surface area (Å²) in [6, 6.07) is 2.62. The monoisotopic (exact) mass is 579 g/mol. The molecule has 2 aromatic rings. The summed E-state index contributed by atoms with van der Waals surface area (Å²) in [7, 11) is 2.76. The van der Waals surface area contributed by atoms with E-state index in [1.807, 2.05) is 0 Å². The lowest BCUT2D eigenvalue weighted by Crippen LogP contribution is -2.55. The highest BCUT2D eigenvalue weighted by molar-refractivity contribution is 5.94. The zero-order valence-corrected chi connectivity index (χ0v) is 23.2. The first-order valence-corrected chi connectivity index (χ1v) is 14.0. The molecule has 1 atom stereocenters. The number of pyridine rings is 1. The highest BCUT2D eigenvalue weighted by atomic mass is 19.3. The molecule has 2 aromatic heterocycles. The van der Waals surface area contributed by atoms with Crippen molar-refractivity contribution in [2.45, 2.75) is 80.9 Å². The van der Waals surface area contributed by atoms with Crippen molar-refractivity contribution < 1.29 is 37.3 Å². The number of aromatic amines is 1. The Hall–Kier alpha value is -3.19. The summed E-state index contributed by atoms with van der Waals surface area (Å²) in [6.07, 6.45) is 3.31. The molecule has 1 saturated heterocycles. The number of aliphatic hydroxyl groups is 1. The summed E-state index contributed by atoms with van der Waals surface area (Å²) in [5.41, 5.74) is -1.89. The number of alkyl halides is 2. The van der Waals surface area contributed by atoms with Gasteiger partial charge in [0.2, 0.25) is 11.8 Å². The van der Waals surface area contributed by atoms with Crippen LogP contribution in [-0.4, -0.2) is 87.5 Å². The van der Waals surface area contributed by atoms with Crippen molar-refractivity contribution in [1.29, 1.82) is 0 Å². The van der Waals surface area contributed by atoms with Crippen molar-refractivity contribution in [2.75, 3.05) is 27.4 Å². The van der Waals surface area contributed by atoms with E-state index in [0.717, 1.165) is 19.0 Å². The third kappa shape index (κ3) is 5.78. The van der Waals surface area contributed by atoms with Gasteiger partial charge >= 0.3 is 0 Å². The number of hydrogen-bond donors (Lipinski definition) is 3. The average Bonchev–Trinajstić information content (AvgIpc) is 3.54. The highest BCUT2D eigenvalue weighted by Gasteiger charge is 2.56.